The molecule has 0 fully saturated rings. The average molecular weight is 443 g/mol. The number of esters is 2. The number of ether oxygens (including phenoxy) is 1. The first-order valence-corrected chi connectivity index (χ1v) is 13.6. The van der Waals surface area contributed by atoms with E-state index in [9.17, 15) is 9.59 Å². The second kappa shape index (κ2) is 16.9. The highest BCUT2D eigenvalue weighted by molar-refractivity contribution is 6.15. The molecule has 0 unspecified atom stereocenters. The minimum atomic E-state index is -0.500. The van der Waals surface area contributed by atoms with E-state index in [4.69, 9.17) is 4.74 Å². The van der Waals surface area contributed by atoms with Gasteiger partial charge in [0.05, 0.1) is 11.1 Å². The van der Waals surface area contributed by atoms with Crippen LogP contribution in [0.25, 0.3) is 0 Å². The van der Waals surface area contributed by atoms with E-state index in [0.717, 1.165) is 18.4 Å². The van der Waals surface area contributed by atoms with Crippen molar-refractivity contribution in [3.63, 3.8) is 0 Å². The van der Waals surface area contributed by atoms with Crippen molar-refractivity contribution in [3.05, 3.63) is 34.9 Å². The molecular formula is C29H46O3. The number of rotatable bonds is 20. The van der Waals surface area contributed by atoms with Crippen molar-refractivity contribution < 1.29 is 14.3 Å². The van der Waals surface area contributed by atoms with E-state index < -0.39 is 11.9 Å². The zero-order valence-corrected chi connectivity index (χ0v) is 20.6. The monoisotopic (exact) mass is 442 g/mol. The molecule has 0 saturated heterocycles. The van der Waals surface area contributed by atoms with Gasteiger partial charge in [-0.3, -0.25) is 0 Å². The summed E-state index contributed by atoms with van der Waals surface area (Å²) in [6, 6.07) is 5.49. The maximum Gasteiger partial charge on any atom is 0.347 e. The molecule has 1 aliphatic heterocycles. The smallest absolute Gasteiger partial charge is 0.347 e. The van der Waals surface area contributed by atoms with Gasteiger partial charge in [0.2, 0.25) is 0 Å². The molecule has 1 heterocycles. The van der Waals surface area contributed by atoms with Gasteiger partial charge in [-0.05, 0) is 24.5 Å². The van der Waals surface area contributed by atoms with Crippen LogP contribution in [-0.4, -0.2) is 11.9 Å². The van der Waals surface area contributed by atoms with Crippen molar-refractivity contribution in [1.29, 1.82) is 0 Å². The van der Waals surface area contributed by atoms with Crippen LogP contribution in [0.15, 0.2) is 18.2 Å². The van der Waals surface area contributed by atoms with Crippen LogP contribution in [0.2, 0.25) is 0 Å². The first-order valence-electron chi connectivity index (χ1n) is 13.6. The lowest BCUT2D eigenvalue weighted by atomic mass is 9.97. The molecule has 0 radical (unpaired) electrons. The first kappa shape index (κ1) is 26.6. The topological polar surface area (TPSA) is 43.4 Å². The van der Waals surface area contributed by atoms with E-state index in [1.165, 1.54) is 116 Å². The molecule has 0 amide bonds. The number of hydrogen-bond acceptors (Lipinski definition) is 3. The van der Waals surface area contributed by atoms with Crippen LogP contribution >= 0.6 is 0 Å². The Morgan fingerprint density at radius 3 is 1.47 bits per heavy atom. The summed E-state index contributed by atoms with van der Waals surface area (Å²) in [7, 11) is 0. The summed E-state index contributed by atoms with van der Waals surface area (Å²) in [5.41, 5.74) is 1.90. The van der Waals surface area contributed by atoms with Crippen molar-refractivity contribution in [1.82, 2.24) is 0 Å². The molecule has 32 heavy (non-hydrogen) atoms. The van der Waals surface area contributed by atoms with Crippen LogP contribution < -0.4 is 0 Å². The van der Waals surface area contributed by atoms with Gasteiger partial charge < -0.3 is 4.74 Å². The Hall–Kier alpha value is -1.64. The van der Waals surface area contributed by atoms with E-state index in [1.807, 2.05) is 12.1 Å². The predicted molar refractivity (Wildman–Crippen MR) is 133 cm³/mol. The van der Waals surface area contributed by atoms with Gasteiger partial charge in [-0.2, -0.15) is 0 Å². The van der Waals surface area contributed by atoms with Crippen molar-refractivity contribution >= 4 is 11.9 Å². The van der Waals surface area contributed by atoms with Gasteiger partial charge in [-0.1, -0.05) is 135 Å². The van der Waals surface area contributed by atoms with E-state index in [1.54, 1.807) is 6.07 Å². The Balaban J connectivity index is 1.34. The summed E-state index contributed by atoms with van der Waals surface area (Å²) in [5.74, 6) is -0.974. The average Bonchev–Trinajstić information content (AvgIpc) is 3.09. The number of benzene rings is 1. The number of carbonyl (C=O) groups excluding carboxylic acids is 2. The zero-order valence-electron chi connectivity index (χ0n) is 20.6. The second-order valence-corrected chi connectivity index (χ2v) is 9.63. The standard InChI is InChI=1S/C29H46O3/c1-2-3-4-5-6-7-8-9-10-11-12-13-14-15-16-17-18-19-20-22-25-23-21-24-26-27(25)29(31)32-28(26)30/h21,23-24H,2-20,22H2,1H3. The number of aryl methyl sites for hydroxylation is 1. The van der Waals surface area contributed by atoms with Crippen LogP contribution in [0, 0.1) is 0 Å². The fraction of sp³-hybridized carbons (Fsp3) is 0.724. The molecule has 3 nitrogen and oxygen atoms in total. The highest BCUT2D eigenvalue weighted by Gasteiger charge is 2.31. The fourth-order valence-corrected chi connectivity index (χ4v) is 4.80. The van der Waals surface area contributed by atoms with Crippen molar-refractivity contribution in [2.24, 2.45) is 0 Å². The maximum atomic E-state index is 11.9. The first-order chi connectivity index (χ1) is 15.7. The molecule has 0 aromatic heterocycles. The fourth-order valence-electron chi connectivity index (χ4n) is 4.80. The Morgan fingerprint density at radius 1 is 0.562 bits per heavy atom. The molecule has 1 aliphatic rings. The molecule has 180 valence electrons. The van der Waals surface area contributed by atoms with Gasteiger partial charge >= 0.3 is 11.9 Å². The van der Waals surface area contributed by atoms with Crippen molar-refractivity contribution in [3.8, 4) is 0 Å². The van der Waals surface area contributed by atoms with Gasteiger partial charge in [-0.15, -0.1) is 0 Å². The summed E-state index contributed by atoms with van der Waals surface area (Å²) in [5, 5.41) is 0. The van der Waals surface area contributed by atoms with Crippen LogP contribution in [-0.2, 0) is 11.2 Å². The molecule has 0 bridgehead atoms. The second-order valence-electron chi connectivity index (χ2n) is 9.63. The highest BCUT2D eigenvalue weighted by Crippen LogP contribution is 2.25. The summed E-state index contributed by atoms with van der Waals surface area (Å²) in [6.07, 6.45) is 26.9. The molecular weight excluding hydrogens is 396 g/mol. The largest absolute Gasteiger partial charge is 0.386 e. The molecule has 3 heteroatoms. The molecule has 0 N–H and O–H groups in total. The van der Waals surface area contributed by atoms with Gasteiger partial charge in [0.1, 0.15) is 0 Å². The van der Waals surface area contributed by atoms with Crippen molar-refractivity contribution in [2.75, 3.05) is 0 Å². The molecule has 1 aromatic carbocycles. The minimum Gasteiger partial charge on any atom is -0.386 e. The van der Waals surface area contributed by atoms with E-state index >= 15 is 0 Å². The molecule has 0 aliphatic carbocycles. The maximum absolute atomic E-state index is 11.9. The third-order valence-electron chi connectivity index (χ3n) is 6.81. The quantitative estimate of drug-likeness (QED) is 0.115. The van der Waals surface area contributed by atoms with Crippen LogP contribution in [0.3, 0.4) is 0 Å². The Bertz CT molecular complexity index is 664. The van der Waals surface area contributed by atoms with Gasteiger partial charge in [0.15, 0.2) is 0 Å². The highest BCUT2D eigenvalue weighted by atomic mass is 16.6. The zero-order chi connectivity index (χ0) is 22.9. The van der Waals surface area contributed by atoms with Crippen LogP contribution in [0.4, 0.5) is 0 Å². The molecule has 0 saturated carbocycles. The number of fused-ring (bicyclic) bond motifs is 1. The normalized spacial score (nSPS) is 12.9. The third-order valence-corrected chi connectivity index (χ3v) is 6.81. The number of carbonyl (C=O) groups is 2. The van der Waals surface area contributed by atoms with E-state index in [0.29, 0.717) is 11.1 Å². The summed E-state index contributed by atoms with van der Waals surface area (Å²) >= 11 is 0. The number of unbranched alkanes of at least 4 members (excludes halogenated alkanes) is 18. The summed E-state index contributed by atoms with van der Waals surface area (Å²) < 4.78 is 4.74. The lowest BCUT2D eigenvalue weighted by Crippen LogP contribution is -2.00. The molecule has 1 aromatic rings. The third kappa shape index (κ3) is 10.3. The van der Waals surface area contributed by atoms with Crippen LogP contribution in [0.1, 0.15) is 155 Å². The Kier molecular flexibility index (Phi) is 14.1. The number of cyclic esters (lactones) is 2. The molecule has 0 spiro atoms. The lowest BCUT2D eigenvalue weighted by molar-refractivity contribution is 0.0443. The van der Waals surface area contributed by atoms with E-state index in [-0.39, 0.29) is 0 Å². The van der Waals surface area contributed by atoms with Crippen LogP contribution in [0.5, 0.6) is 0 Å². The van der Waals surface area contributed by atoms with Gasteiger partial charge in [0, 0.05) is 0 Å². The molecule has 0 atom stereocenters. The Labute approximate surface area is 196 Å². The SMILES string of the molecule is CCCCCCCCCCCCCCCCCCCCCc1cccc2c1C(=O)OC2=O. The lowest BCUT2D eigenvalue weighted by Gasteiger charge is -2.05. The predicted octanol–water partition coefficient (Wildman–Crippen LogP) is 8.97. The minimum absolute atomic E-state index is 0.435. The summed E-state index contributed by atoms with van der Waals surface area (Å²) in [6.45, 7) is 2.28. The number of hydrogen-bond donors (Lipinski definition) is 0. The summed E-state index contributed by atoms with van der Waals surface area (Å²) in [4.78, 5) is 23.5. The molecule has 2 rings (SSSR count). The van der Waals surface area contributed by atoms with Gasteiger partial charge in [0.25, 0.3) is 0 Å². The van der Waals surface area contributed by atoms with E-state index in [2.05, 4.69) is 6.92 Å². The Morgan fingerprint density at radius 2 is 1.00 bits per heavy atom. The van der Waals surface area contributed by atoms with Crippen molar-refractivity contribution in [2.45, 2.75) is 135 Å². The van der Waals surface area contributed by atoms with Gasteiger partial charge in [-0.25, -0.2) is 9.59 Å².